The van der Waals surface area contributed by atoms with E-state index in [1.54, 1.807) is 48.5 Å². The lowest BCUT2D eigenvalue weighted by Crippen LogP contribution is -2.41. The van der Waals surface area contributed by atoms with E-state index in [9.17, 15) is 9.59 Å². The summed E-state index contributed by atoms with van der Waals surface area (Å²) in [6, 6.07) is 14.1. The van der Waals surface area contributed by atoms with Gasteiger partial charge in [0.25, 0.3) is 11.8 Å². The third-order valence-electron chi connectivity index (χ3n) is 6.84. The number of carbonyl (C=O) groups excluding carboxylic acids is 2. The summed E-state index contributed by atoms with van der Waals surface area (Å²) in [5.41, 5.74) is 8.27. The average Bonchev–Trinajstić information content (AvgIpc) is 2.97. The van der Waals surface area contributed by atoms with Gasteiger partial charge < -0.3 is 40.4 Å². The van der Waals surface area contributed by atoms with E-state index in [-0.39, 0.29) is 48.5 Å². The molecular weight excluding hydrogens is 526 g/mol. The molecule has 1 aliphatic heterocycles. The van der Waals surface area contributed by atoms with Crippen LogP contribution in [0.3, 0.4) is 0 Å². The number of hydrogen-bond donors (Lipinski definition) is 4. The van der Waals surface area contributed by atoms with Gasteiger partial charge in [-0.3, -0.25) is 9.59 Å². The number of allylic oxidation sites excluding steroid dienone is 1. The van der Waals surface area contributed by atoms with Crippen LogP contribution in [0.1, 0.15) is 43.1 Å². The molecule has 0 aromatic heterocycles. The molecule has 0 bridgehead atoms. The number of nitrogen functional groups attached to an aromatic ring is 1. The van der Waals surface area contributed by atoms with E-state index in [2.05, 4.69) is 24.5 Å². The van der Waals surface area contributed by atoms with Crippen molar-refractivity contribution in [2.24, 2.45) is 17.8 Å². The van der Waals surface area contributed by atoms with E-state index in [0.29, 0.717) is 56.4 Å². The summed E-state index contributed by atoms with van der Waals surface area (Å²) in [4.78, 5) is 25.7. The predicted octanol–water partition coefficient (Wildman–Crippen LogP) is 3.72. The highest BCUT2D eigenvalue weighted by Crippen LogP contribution is 2.36. The Bertz CT molecular complexity index is 1140. The summed E-state index contributed by atoms with van der Waals surface area (Å²) in [7, 11) is 0. The van der Waals surface area contributed by atoms with Crippen molar-refractivity contribution in [3.05, 3.63) is 71.5 Å². The monoisotopic (exact) mass is 569 g/mol. The molecule has 1 aliphatic rings. The number of anilines is 2. The Kier molecular flexibility index (Phi) is 13.1. The Balaban J connectivity index is 1.56. The third kappa shape index (κ3) is 9.86. The van der Waals surface area contributed by atoms with Crippen molar-refractivity contribution in [3.63, 3.8) is 0 Å². The molecule has 2 amide bonds. The second-order valence-electron chi connectivity index (χ2n) is 10.1. The molecule has 5 N–H and O–H groups in total. The van der Waals surface area contributed by atoms with Gasteiger partial charge >= 0.3 is 0 Å². The van der Waals surface area contributed by atoms with Gasteiger partial charge in [0.05, 0.1) is 37.8 Å². The Hall–Kier alpha value is -3.44. The molecule has 0 saturated heterocycles. The Morgan fingerprint density at radius 1 is 1.00 bits per heavy atom. The standard InChI is InChI=1S/C31H43N3O7/c1-4-40-31-24(13-15-38-17-18-39-16-14-35)25(21(2)3)19-28(41-31)30(37)33-20-22-9-11-23(12-10-22)29(36)34-27-8-6-5-7-26(27)32/h5-12,19,21,24-25,31,35H,4,13-18,20,32H2,1-3H3,(H,33,37)(H,34,36). The minimum atomic E-state index is -0.566. The number of hydrogen-bond acceptors (Lipinski definition) is 8. The number of amides is 2. The smallest absolute Gasteiger partial charge is 0.286 e. The molecule has 41 heavy (non-hydrogen) atoms. The fourth-order valence-electron chi connectivity index (χ4n) is 4.65. The zero-order valence-electron chi connectivity index (χ0n) is 24.1. The fourth-order valence-corrected chi connectivity index (χ4v) is 4.65. The predicted molar refractivity (Wildman–Crippen MR) is 157 cm³/mol. The summed E-state index contributed by atoms with van der Waals surface area (Å²) in [5.74, 6) is -0.00412. The first-order valence-corrected chi connectivity index (χ1v) is 14.1. The van der Waals surface area contributed by atoms with Crippen LogP contribution in [0.4, 0.5) is 11.4 Å². The number of para-hydroxylation sites is 2. The van der Waals surface area contributed by atoms with Crippen LogP contribution in [0.15, 0.2) is 60.4 Å². The van der Waals surface area contributed by atoms with Gasteiger partial charge in [0.2, 0.25) is 6.29 Å². The SMILES string of the molecule is CCOC1OC(C(=O)NCc2ccc(C(=O)Nc3ccccc3N)cc2)=CC(C(C)C)C1CCOCCOCCO. The molecule has 2 aromatic rings. The molecule has 3 rings (SSSR count). The Morgan fingerprint density at radius 3 is 2.37 bits per heavy atom. The summed E-state index contributed by atoms with van der Waals surface area (Å²) < 4.78 is 22.9. The third-order valence-corrected chi connectivity index (χ3v) is 6.84. The number of nitrogens with two attached hydrogens (primary N) is 1. The molecule has 10 heteroatoms. The molecule has 0 fully saturated rings. The van der Waals surface area contributed by atoms with Crippen molar-refractivity contribution < 1.29 is 33.6 Å². The van der Waals surface area contributed by atoms with Crippen LogP contribution in [0.2, 0.25) is 0 Å². The van der Waals surface area contributed by atoms with Crippen molar-refractivity contribution in [2.75, 3.05) is 50.7 Å². The number of carbonyl (C=O) groups is 2. The molecule has 10 nitrogen and oxygen atoms in total. The summed E-state index contributed by atoms with van der Waals surface area (Å²) >= 11 is 0. The largest absolute Gasteiger partial charge is 0.459 e. The van der Waals surface area contributed by atoms with Crippen molar-refractivity contribution in [2.45, 2.75) is 40.0 Å². The van der Waals surface area contributed by atoms with E-state index in [4.69, 9.17) is 29.8 Å². The zero-order valence-corrected chi connectivity index (χ0v) is 24.1. The molecule has 0 spiro atoms. The van der Waals surface area contributed by atoms with Gasteiger partial charge in [0.1, 0.15) is 0 Å². The summed E-state index contributed by atoms with van der Waals surface area (Å²) in [6.07, 6.45) is 2.03. The first-order chi connectivity index (χ1) is 19.8. The topological polar surface area (TPSA) is 141 Å². The van der Waals surface area contributed by atoms with E-state index >= 15 is 0 Å². The molecule has 3 atom stereocenters. The summed E-state index contributed by atoms with van der Waals surface area (Å²) in [5, 5.41) is 14.5. The van der Waals surface area contributed by atoms with Gasteiger partial charge in [0.15, 0.2) is 5.76 Å². The van der Waals surface area contributed by atoms with E-state index in [1.807, 2.05) is 13.0 Å². The van der Waals surface area contributed by atoms with Crippen LogP contribution < -0.4 is 16.4 Å². The van der Waals surface area contributed by atoms with Crippen molar-refractivity contribution in [3.8, 4) is 0 Å². The minimum absolute atomic E-state index is 0.00971. The Labute approximate surface area is 242 Å². The number of ether oxygens (including phenoxy) is 4. The Morgan fingerprint density at radius 2 is 1.71 bits per heavy atom. The maximum absolute atomic E-state index is 13.1. The zero-order chi connectivity index (χ0) is 29.6. The van der Waals surface area contributed by atoms with Crippen molar-refractivity contribution in [1.82, 2.24) is 5.32 Å². The summed E-state index contributed by atoms with van der Waals surface area (Å²) in [6.45, 7) is 8.51. The van der Waals surface area contributed by atoms with Crippen molar-refractivity contribution >= 4 is 23.2 Å². The normalized spacial score (nSPS) is 18.5. The highest BCUT2D eigenvalue weighted by Gasteiger charge is 2.38. The number of rotatable bonds is 16. The number of nitrogens with one attached hydrogen (secondary N) is 2. The molecule has 0 radical (unpaired) electrons. The lowest BCUT2D eigenvalue weighted by Gasteiger charge is -2.38. The van der Waals surface area contributed by atoms with Crippen LogP contribution in [0.25, 0.3) is 0 Å². The van der Waals surface area contributed by atoms with Crippen LogP contribution in [0.5, 0.6) is 0 Å². The molecule has 0 aliphatic carbocycles. The molecular formula is C31H43N3O7. The maximum Gasteiger partial charge on any atom is 0.286 e. The van der Waals surface area contributed by atoms with Gasteiger partial charge in [-0.2, -0.15) is 0 Å². The van der Waals surface area contributed by atoms with Gasteiger partial charge in [-0.05, 0) is 61.1 Å². The lowest BCUT2D eigenvalue weighted by molar-refractivity contribution is -0.177. The average molecular weight is 570 g/mol. The number of aliphatic hydroxyl groups excluding tert-OH is 1. The fraction of sp³-hybridized carbons (Fsp3) is 0.484. The van der Waals surface area contributed by atoms with E-state index in [1.165, 1.54) is 0 Å². The highest BCUT2D eigenvalue weighted by atomic mass is 16.7. The van der Waals surface area contributed by atoms with E-state index < -0.39 is 6.29 Å². The lowest BCUT2D eigenvalue weighted by atomic mass is 9.79. The minimum Gasteiger partial charge on any atom is -0.459 e. The molecule has 224 valence electrons. The quantitative estimate of drug-likeness (QED) is 0.177. The van der Waals surface area contributed by atoms with Crippen LogP contribution in [-0.4, -0.2) is 62.9 Å². The van der Waals surface area contributed by atoms with Gasteiger partial charge in [-0.15, -0.1) is 0 Å². The molecule has 0 saturated carbocycles. The first-order valence-electron chi connectivity index (χ1n) is 14.1. The van der Waals surface area contributed by atoms with E-state index in [0.717, 1.165) is 5.56 Å². The second-order valence-corrected chi connectivity index (χ2v) is 10.1. The molecule has 2 aromatic carbocycles. The second kappa shape index (κ2) is 16.7. The molecule has 3 unspecified atom stereocenters. The number of aliphatic hydroxyl groups is 1. The highest BCUT2D eigenvalue weighted by molar-refractivity contribution is 6.05. The van der Waals surface area contributed by atoms with Gasteiger partial charge in [-0.25, -0.2) is 0 Å². The first kappa shape index (κ1) is 32.1. The van der Waals surface area contributed by atoms with Gasteiger partial charge in [-0.1, -0.05) is 38.1 Å². The van der Waals surface area contributed by atoms with Crippen LogP contribution in [0, 0.1) is 17.8 Å². The van der Waals surface area contributed by atoms with Crippen LogP contribution in [-0.2, 0) is 30.3 Å². The van der Waals surface area contributed by atoms with Crippen LogP contribution >= 0.6 is 0 Å². The van der Waals surface area contributed by atoms with Crippen molar-refractivity contribution in [1.29, 1.82) is 0 Å². The number of benzene rings is 2. The van der Waals surface area contributed by atoms with Gasteiger partial charge in [0, 0.05) is 31.2 Å². The molecule has 1 heterocycles. The maximum atomic E-state index is 13.1.